The lowest BCUT2D eigenvalue weighted by Crippen LogP contribution is -2.33. The molecule has 0 fully saturated rings. The zero-order chi connectivity index (χ0) is 22.2. The minimum Gasteiger partial charge on any atom is -0.497 e. The Morgan fingerprint density at radius 2 is 1.78 bits per heavy atom. The number of nitrogens with zero attached hydrogens (tertiary/aromatic N) is 2. The first-order chi connectivity index (χ1) is 15.6. The molecule has 7 heteroatoms. The van der Waals surface area contributed by atoms with E-state index in [-0.39, 0.29) is 6.04 Å². The molecule has 2 heterocycles. The van der Waals surface area contributed by atoms with Crippen LogP contribution in [0.1, 0.15) is 35.4 Å². The van der Waals surface area contributed by atoms with Gasteiger partial charge in [0.1, 0.15) is 11.5 Å². The summed E-state index contributed by atoms with van der Waals surface area (Å²) in [6, 6.07) is 20.0. The third kappa shape index (κ3) is 3.56. The van der Waals surface area contributed by atoms with Crippen LogP contribution in [0.5, 0.6) is 23.0 Å². The van der Waals surface area contributed by atoms with E-state index in [0.717, 1.165) is 44.8 Å². The van der Waals surface area contributed by atoms with Gasteiger partial charge in [0.15, 0.2) is 11.5 Å². The quantitative estimate of drug-likeness (QED) is 0.454. The van der Waals surface area contributed by atoms with E-state index in [4.69, 9.17) is 24.0 Å². The van der Waals surface area contributed by atoms with Gasteiger partial charge in [-0.15, -0.1) is 0 Å². The molecule has 0 aliphatic carbocycles. The monoisotopic (exact) mass is 494 g/mol. The van der Waals surface area contributed by atoms with Crippen LogP contribution in [-0.4, -0.2) is 32.0 Å². The average molecular weight is 495 g/mol. The molecule has 5 rings (SSSR count). The van der Waals surface area contributed by atoms with Crippen LogP contribution >= 0.6 is 15.9 Å². The zero-order valence-corrected chi connectivity index (χ0v) is 19.6. The molecule has 0 unspecified atom stereocenters. The molecule has 3 aromatic carbocycles. The number of hydrogen-bond acceptors (Lipinski definition) is 6. The summed E-state index contributed by atoms with van der Waals surface area (Å²) >= 11 is 3.60. The predicted octanol–water partition coefficient (Wildman–Crippen LogP) is 5.72. The molecule has 164 valence electrons. The van der Waals surface area contributed by atoms with E-state index < -0.39 is 6.23 Å². The number of rotatable bonds is 5. The Morgan fingerprint density at radius 1 is 0.938 bits per heavy atom. The fourth-order valence-electron chi connectivity index (χ4n) is 4.26. The summed E-state index contributed by atoms with van der Waals surface area (Å²) in [5, 5.41) is 7.07. The van der Waals surface area contributed by atoms with Gasteiger partial charge in [-0.1, -0.05) is 28.1 Å². The normalized spacial score (nSPS) is 18.9. The van der Waals surface area contributed by atoms with Crippen molar-refractivity contribution < 1.29 is 18.9 Å². The SMILES string of the molecule is COc1cccc(C2=NN3[C@@H](C2)c2cc(Br)ccc2O[C@H]3c2ccc(OC)c(OC)c2)c1. The van der Waals surface area contributed by atoms with E-state index in [1.54, 1.807) is 21.3 Å². The minimum atomic E-state index is -0.392. The topological polar surface area (TPSA) is 52.5 Å². The average Bonchev–Trinajstić information content (AvgIpc) is 3.29. The van der Waals surface area contributed by atoms with Crippen molar-refractivity contribution in [2.75, 3.05) is 21.3 Å². The minimum absolute atomic E-state index is 0.0514. The summed E-state index contributed by atoms with van der Waals surface area (Å²) in [7, 11) is 4.94. The molecule has 0 saturated heterocycles. The molecule has 0 bridgehead atoms. The van der Waals surface area contributed by atoms with Crippen molar-refractivity contribution in [2.45, 2.75) is 18.7 Å². The predicted molar refractivity (Wildman–Crippen MR) is 126 cm³/mol. The molecule has 2 aliphatic heterocycles. The number of methoxy groups -OCH3 is 3. The maximum Gasteiger partial charge on any atom is 0.214 e. The molecule has 0 amide bonds. The molecule has 2 atom stereocenters. The largest absolute Gasteiger partial charge is 0.497 e. The van der Waals surface area contributed by atoms with Gasteiger partial charge in [-0.25, -0.2) is 5.01 Å². The summed E-state index contributed by atoms with van der Waals surface area (Å²) in [6.07, 6.45) is 0.376. The fraction of sp³-hybridized carbons (Fsp3) is 0.240. The highest BCUT2D eigenvalue weighted by molar-refractivity contribution is 9.10. The van der Waals surface area contributed by atoms with Crippen LogP contribution < -0.4 is 18.9 Å². The Hall–Kier alpha value is -3.19. The molecule has 32 heavy (non-hydrogen) atoms. The second-order valence-electron chi connectivity index (χ2n) is 7.65. The maximum absolute atomic E-state index is 6.47. The van der Waals surface area contributed by atoms with Crippen molar-refractivity contribution in [1.29, 1.82) is 0 Å². The molecular formula is C25H23BrN2O4. The third-order valence-corrected chi connectivity index (χ3v) is 6.34. The van der Waals surface area contributed by atoms with Crippen molar-refractivity contribution in [2.24, 2.45) is 5.10 Å². The highest BCUT2D eigenvalue weighted by Gasteiger charge is 2.41. The number of benzene rings is 3. The fourth-order valence-corrected chi connectivity index (χ4v) is 4.64. The molecule has 6 nitrogen and oxygen atoms in total. The summed E-state index contributed by atoms with van der Waals surface area (Å²) in [5.41, 5.74) is 4.09. The van der Waals surface area contributed by atoms with Gasteiger partial charge >= 0.3 is 0 Å². The van der Waals surface area contributed by atoms with Crippen LogP contribution in [0.4, 0.5) is 0 Å². The van der Waals surface area contributed by atoms with Gasteiger partial charge in [-0.05, 0) is 48.5 Å². The number of halogens is 1. The molecular weight excluding hydrogens is 472 g/mol. The number of hydrazone groups is 1. The van der Waals surface area contributed by atoms with Crippen LogP contribution in [0.3, 0.4) is 0 Å². The molecule has 0 spiro atoms. The lowest BCUT2D eigenvalue weighted by atomic mass is 9.96. The Kier molecular flexibility index (Phi) is 5.43. The molecule has 0 saturated carbocycles. The molecule has 0 aromatic heterocycles. The van der Waals surface area contributed by atoms with Crippen molar-refractivity contribution in [3.63, 3.8) is 0 Å². The summed E-state index contributed by atoms with van der Waals surface area (Å²) in [5.74, 6) is 3.00. The van der Waals surface area contributed by atoms with Crippen LogP contribution in [0, 0.1) is 0 Å². The lowest BCUT2D eigenvalue weighted by molar-refractivity contribution is -0.0192. The van der Waals surface area contributed by atoms with Crippen molar-refractivity contribution in [3.8, 4) is 23.0 Å². The Bertz CT molecular complexity index is 1200. The Balaban J connectivity index is 1.60. The second kappa shape index (κ2) is 8.39. The van der Waals surface area contributed by atoms with Crippen LogP contribution in [0.15, 0.2) is 70.2 Å². The van der Waals surface area contributed by atoms with Gasteiger partial charge in [0.25, 0.3) is 0 Å². The van der Waals surface area contributed by atoms with Gasteiger partial charge in [0, 0.05) is 27.6 Å². The van der Waals surface area contributed by atoms with Gasteiger partial charge in [0.2, 0.25) is 6.23 Å². The highest BCUT2D eigenvalue weighted by atomic mass is 79.9. The van der Waals surface area contributed by atoms with Crippen LogP contribution in [0.25, 0.3) is 0 Å². The number of fused-ring (bicyclic) bond motifs is 3. The molecule has 2 aliphatic rings. The van der Waals surface area contributed by atoms with Crippen LogP contribution in [-0.2, 0) is 0 Å². The smallest absolute Gasteiger partial charge is 0.214 e. The summed E-state index contributed by atoms with van der Waals surface area (Å²) in [6.45, 7) is 0. The van der Waals surface area contributed by atoms with E-state index in [2.05, 4.69) is 28.1 Å². The van der Waals surface area contributed by atoms with Gasteiger partial charge in [-0.3, -0.25) is 0 Å². The number of hydrogen-bond donors (Lipinski definition) is 0. The van der Waals surface area contributed by atoms with Crippen molar-refractivity contribution in [3.05, 3.63) is 81.8 Å². The Morgan fingerprint density at radius 3 is 2.56 bits per heavy atom. The van der Waals surface area contributed by atoms with Crippen molar-refractivity contribution >= 4 is 21.6 Å². The number of ether oxygens (including phenoxy) is 4. The van der Waals surface area contributed by atoms with E-state index >= 15 is 0 Å². The summed E-state index contributed by atoms with van der Waals surface area (Å²) < 4.78 is 23.8. The standard InChI is InChI=1S/C25H23BrN2O4/c1-29-18-6-4-5-15(11-18)20-14-21-19-13-17(26)8-10-22(19)32-25(28(21)27-20)16-7-9-23(30-2)24(12-16)31-3/h4-13,21,25H,14H2,1-3H3/t21-,25-/m0/s1. The maximum atomic E-state index is 6.47. The first-order valence-corrected chi connectivity index (χ1v) is 11.1. The molecule has 0 N–H and O–H groups in total. The van der Waals surface area contributed by atoms with E-state index in [0.29, 0.717) is 11.5 Å². The summed E-state index contributed by atoms with van der Waals surface area (Å²) in [4.78, 5) is 0. The Labute approximate surface area is 195 Å². The highest BCUT2D eigenvalue weighted by Crippen LogP contribution is 2.49. The van der Waals surface area contributed by atoms with E-state index in [9.17, 15) is 0 Å². The first kappa shape index (κ1) is 20.7. The third-order valence-electron chi connectivity index (χ3n) is 5.85. The lowest BCUT2D eigenvalue weighted by Gasteiger charge is -2.38. The molecule has 0 radical (unpaired) electrons. The van der Waals surface area contributed by atoms with E-state index in [1.165, 1.54) is 0 Å². The first-order valence-electron chi connectivity index (χ1n) is 10.3. The molecule has 3 aromatic rings. The second-order valence-corrected chi connectivity index (χ2v) is 8.56. The van der Waals surface area contributed by atoms with Gasteiger partial charge < -0.3 is 18.9 Å². The zero-order valence-electron chi connectivity index (χ0n) is 18.0. The van der Waals surface area contributed by atoms with Gasteiger partial charge in [-0.2, -0.15) is 5.10 Å². The van der Waals surface area contributed by atoms with E-state index in [1.807, 2.05) is 53.5 Å². The van der Waals surface area contributed by atoms with Gasteiger partial charge in [0.05, 0.1) is 33.1 Å². The van der Waals surface area contributed by atoms with Crippen LogP contribution in [0.2, 0.25) is 0 Å². The van der Waals surface area contributed by atoms with Crippen molar-refractivity contribution in [1.82, 2.24) is 5.01 Å².